The van der Waals surface area contributed by atoms with Gasteiger partial charge in [0.2, 0.25) is 0 Å². The number of quaternary nitrogens is 1. The molecule has 0 N–H and O–H groups in total. The van der Waals surface area contributed by atoms with Gasteiger partial charge < -0.3 is 33.4 Å². The molecular weight excluding hydrogens is 407 g/mol. The Morgan fingerprint density at radius 3 is 2.00 bits per heavy atom. The van der Waals surface area contributed by atoms with Crippen molar-refractivity contribution in [2.24, 2.45) is 0 Å². The molecule has 1 fully saturated rings. The van der Waals surface area contributed by atoms with Crippen molar-refractivity contribution in [3.8, 4) is 0 Å². The minimum Gasteiger partial charge on any atom is -1.00 e. The lowest BCUT2D eigenvalue weighted by molar-refractivity contribution is -0.948. The Bertz CT molecular complexity index is 444. The third-order valence-electron chi connectivity index (χ3n) is 6.29. The van der Waals surface area contributed by atoms with E-state index >= 15 is 0 Å². The second-order valence-electron chi connectivity index (χ2n) is 8.08. The van der Waals surface area contributed by atoms with Gasteiger partial charge in [-0.2, -0.15) is 0 Å². The van der Waals surface area contributed by atoms with Crippen molar-refractivity contribution in [1.29, 1.82) is 0 Å². The molecule has 0 aliphatic heterocycles. The number of halogens is 1. The van der Waals surface area contributed by atoms with Crippen LogP contribution >= 0.6 is 0 Å². The molecule has 2 rings (SSSR count). The largest absolute Gasteiger partial charge is 1.00 e. The highest BCUT2D eigenvalue weighted by atomic mass is 127. The zero-order chi connectivity index (χ0) is 16.9. The molecule has 0 aromatic heterocycles. The summed E-state index contributed by atoms with van der Waals surface area (Å²) >= 11 is 0. The van der Waals surface area contributed by atoms with Gasteiger partial charge >= 0.3 is 0 Å². The van der Waals surface area contributed by atoms with Crippen LogP contribution in [0.5, 0.6) is 0 Å². The summed E-state index contributed by atoms with van der Waals surface area (Å²) in [6, 6.07) is 13.2. The number of anilines is 1. The second-order valence-corrected chi connectivity index (χ2v) is 8.08. The third-order valence-corrected chi connectivity index (χ3v) is 6.29. The van der Waals surface area contributed by atoms with Gasteiger partial charge in [-0.05, 0) is 52.7 Å². The van der Waals surface area contributed by atoms with E-state index in [1.165, 1.54) is 50.9 Å². The minimum atomic E-state index is 0. The summed E-state index contributed by atoms with van der Waals surface area (Å²) in [7, 11) is 2.43. The van der Waals surface area contributed by atoms with Crippen LogP contribution in [0, 0.1) is 0 Å². The summed E-state index contributed by atoms with van der Waals surface area (Å²) in [5.74, 6) is 0. The van der Waals surface area contributed by atoms with Gasteiger partial charge in [0.25, 0.3) is 0 Å². The smallest absolute Gasteiger partial charge is 0.0966 e. The van der Waals surface area contributed by atoms with E-state index in [0.717, 1.165) is 10.5 Å². The molecule has 0 spiro atoms. The summed E-state index contributed by atoms with van der Waals surface area (Å²) in [6.45, 7) is 11.9. The Kier molecular flexibility index (Phi) is 9.07. The Balaban J connectivity index is 0.00000288. The number of hydrogen-bond acceptors (Lipinski definition) is 1. The molecular formula is C21H37IN2. The van der Waals surface area contributed by atoms with Crippen LogP contribution in [0.2, 0.25) is 0 Å². The van der Waals surface area contributed by atoms with Crippen LogP contribution < -0.4 is 28.9 Å². The average molecular weight is 444 g/mol. The molecule has 0 bridgehead atoms. The van der Waals surface area contributed by atoms with E-state index in [1.54, 1.807) is 0 Å². The summed E-state index contributed by atoms with van der Waals surface area (Å²) < 4.78 is 1.15. The van der Waals surface area contributed by atoms with Crippen LogP contribution in [0.25, 0.3) is 0 Å². The summed E-state index contributed by atoms with van der Waals surface area (Å²) in [5, 5.41) is 0. The Morgan fingerprint density at radius 1 is 0.958 bits per heavy atom. The molecule has 0 saturated heterocycles. The zero-order valence-electron chi connectivity index (χ0n) is 16.3. The van der Waals surface area contributed by atoms with Crippen molar-refractivity contribution in [1.82, 2.24) is 0 Å². The van der Waals surface area contributed by atoms with E-state index in [-0.39, 0.29) is 24.0 Å². The number of rotatable bonds is 7. The number of benzene rings is 1. The predicted octanol–water partition coefficient (Wildman–Crippen LogP) is 2.09. The van der Waals surface area contributed by atoms with Gasteiger partial charge in [0.15, 0.2) is 0 Å². The average Bonchev–Trinajstić information content (AvgIpc) is 2.56. The fraction of sp³-hybridized carbons (Fsp3) is 0.714. The lowest BCUT2D eigenvalue weighted by atomic mass is 9.93. The fourth-order valence-corrected chi connectivity index (χ4v) is 3.97. The SMILES string of the molecule is CC(C)[N+](C)(CCN(c1ccccc1)C1CCCCC1)C(C)C.[I-]. The highest BCUT2D eigenvalue weighted by Gasteiger charge is 2.31. The molecule has 0 heterocycles. The molecule has 1 saturated carbocycles. The van der Waals surface area contributed by atoms with E-state index in [0.29, 0.717) is 12.1 Å². The summed E-state index contributed by atoms with van der Waals surface area (Å²) in [5.41, 5.74) is 1.42. The van der Waals surface area contributed by atoms with Crippen molar-refractivity contribution in [3.63, 3.8) is 0 Å². The fourth-order valence-electron chi connectivity index (χ4n) is 3.97. The van der Waals surface area contributed by atoms with E-state index in [1.807, 2.05) is 0 Å². The summed E-state index contributed by atoms with van der Waals surface area (Å²) in [6.07, 6.45) is 6.94. The van der Waals surface area contributed by atoms with E-state index in [2.05, 4.69) is 70.0 Å². The topological polar surface area (TPSA) is 3.24 Å². The molecule has 2 nitrogen and oxygen atoms in total. The molecule has 1 aromatic rings. The summed E-state index contributed by atoms with van der Waals surface area (Å²) in [4.78, 5) is 2.71. The van der Waals surface area contributed by atoms with Crippen molar-refractivity contribution < 1.29 is 28.5 Å². The Labute approximate surface area is 167 Å². The van der Waals surface area contributed by atoms with Gasteiger partial charge in [0.05, 0.1) is 32.2 Å². The molecule has 138 valence electrons. The minimum absolute atomic E-state index is 0. The highest BCUT2D eigenvalue weighted by molar-refractivity contribution is 5.47. The van der Waals surface area contributed by atoms with E-state index < -0.39 is 0 Å². The number of hydrogen-bond donors (Lipinski definition) is 0. The zero-order valence-corrected chi connectivity index (χ0v) is 18.5. The van der Waals surface area contributed by atoms with Crippen LogP contribution in [0.15, 0.2) is 30.3 Å². The maximum atomic E-state index is 2.71. The lowest BCUT2D eigenvalue weighted by Crippen LogP contribution is -3.00. The number of likely N-dealkylation sites (N-methyl/N-ethyl adjacent to an activating group) is 1. The molecule has 0 amide bonds. The van der Waals surface area contributed by atoms with Crippen molar-refractivity contribution in [2.75, 3.05) is 25.0 Å². The first-order chi connectivity index (χ1) is 10.9. The van der Waals surface area contributed by atoms with Crippen LogP contribution in [0.4, 0.5) is 5.69 Å². The predicted molar refractivity (Wildman–Crippen MR) is 102 cm³/mol. The van der Waals surface area contributed by atoms with Crippen LogP contribution in [0.1, 0.15) is 59.8 Å². The maximum Gasteiger partial charge on any atom is 0.0966 e. The van der Waals surface area contributed by atoms with Gasteiger partial charge in [-0.25, -0.2) is 0 Å². The van der Waals surface area contributed by atoms with Gasteiger partial charge in [0.1, 0.15) is 0 Å². The Morgan fingerprint density at radius 2 is 1.50 bits per heavy atom. The number of nitrogens with zero attached hydrogens (tertiary/aromatic N) is 2. The maximum absolute atomic E-state index is 2.71. The molecule has 24 heavy (non-hydrogen) atoms. The first kappa shape index (κ1) is 21.8. The van der Waals surface area contributed by atoms with Crippen molar-refractivity contribution >= 4 is 5.69 Å². The van der Waals surface area contributed by atoms with Gasteiger partial charge in [-0.1, -0.05) is 37.5 Å². The van der Waals surface area contributed by atoms with Gasteiger partial charge in [0, 0.05) is 11.7 Å². The normalized spacial score (nSPS) is 16.3. The van der Waals surface area contributed by atoms with Gasteiger partial charge in [-0.3, -0.25) is 0 Å². The molecule has 3 heteroatoms. The Hall–Kier alpha value is -0.290. The second kappa shape index (κ2) is 10.0. The molecule has 1 aromatic carbocycles. The highest BCUT2D eigenvalue weighted by Crippen LogP contribution is 2.28. The van der Waals surface area contributed by atoms with Crippen molar-refractivity contribution in [2.45, 2.75) is 77.9 Å². The quantitative estimate of drug-likeness (QED) is 0.460. The molecule has 1 aliphatic carbocycles. The van der Waals surface area contributed by atoms with Crippen LogP contribution in [-0.2, 0) is 0 Å². The number of para-hydroxylation sites is 1. The lowest BCUT2D eigenvalue weighted by Gasteiger charge is -2.45. The van der Waals surface area contributed by atoms with Crippen LogP contribution in [0.3, 0.4) is 0 Å². The first-order valence-electron chi connectivity index (χ1n) is 9.61. The van der Waals surface area contributed by atoms with E-state index in [4.69, 9.17) is 0 Å². The standard InChI is InChI=1S/C21H37N2.HI/c1-18(2)23(5,19(3)4)17-16-22(20-12-8-6-9-13-20)21-14-10-7-11-15-21;/h6,8-9,12-13,18-19,21H,7,10-11,14-17H2,1-5H3;1H/q+1;/p-1. The van der Waals surface area contributed by atoms with Crippen LogP contribution in [-0.4, -0.2) is 42.7 Å². The molecule has 0 unspecified atom stereocenters. The molecule has 0 radical (unpaired) electrons. The third kappa shape index (κ3) is 5.35. The van der Waals surface area contributed by atoms with Gasteiger partial charge in [-0.15, -0.1) is 0 Å². The van der Waals surface area contributed by atoms with E-state index in [9.17, 15) is 0 Å². The monoisotopic (exact) mass is 444 g/mol. The first-order valence-corrected chi connectivity index (χ1v) is 9.61. The molecule has 1 aliphatic rings. The molecule has 0 atom stereocenters. The van der Waals surface area contributed by atoms with Crippen molar-refractivity contribution in [3.05, 3.63) is 30.3 Å².